The van der Waals surface area contributed by atoms with Crippen LogP contribution in [0.4, 0.5) is 5.69 Å². The van der Waals surface area contributed by atoms with E-state index >= 15 is 0 Å². The minimum atomic E-state index is -0.199. The number of nitrogens with one attached hydrogen (secondary N) is 2. The quantitative estimate of drug-likeness (QED) is 0.819. The normalized spacial score (nSPS) is 14.5. The van der Waals surface area contributed by atoms with Gasteiger partial charge in [-0.25, -0.2) is 0 Å². The fourth-order valence-corrected chi connectivity index (χ4v) is 1.55. The van der Waals surface area contributed by atoms with Gasteiger partial charge in [0.05, 0.1) is 7.11 Å². The smallest absolute Gasteiger partial charge is 0.290 e. The lowest BCUT2D eigenvalue weighted by Gasteiger charge is -2.14. The summed E-state index contributed by atoms with van der Waals surface area (Å²) < 4.78 is 5.04. The van der Waals surface area contributed by atoms with Crippen LogP contribution in [-0.4, -0.2) is 31.9 Å². The molecule has 1 aromatic carbocycles. The molecule has 5 heteroatoms. The van der Waals surface area contributed by atoms with Crippen LogP contribution >= 0.6 is 0 Å². The number of amidine groups is 1. The topological polar surface area (TPSA) is 62.7 Å². The van der Waals surface area contributed by atoms with E-state index < -0.39 is 0 Å². The van der Waals surface area contributed by atoms with Gasteiger partial charge in [0.25, 0.3) is 5.91 Å². The summed E-state index contributed by atoms with van der Waals surface area (Å²) in [6, 6.07) is 7.18. The molecule has 1 amide bonds. The number of anilines is 1. The Hall–Kier alpha value is -2.04. The molecule has 1 aliphatic heterocycles. The van der Waals surface area contributed by atoms with E-state index in [9.17, 15) is 4.79 Å². The lowest BCUT2D eigenvalue weighted by Crippen LogP contribution is -2.39. The van der Waals surface area contributed by atoms with E-state index in [1.165, 1.54) is 0 Å². The molecule has 0 aromatic heterocycles. The Balaban J connectivity index is 1.99. The molecule has 0 saturated carbocycles. The van der Waals surface area contributed by atoms with Gasteiger partial charge >= 0.3 is 0 Å². The largest absolute Gasteiger partial charge is 0.497 e. The molecular formula is C12H15N3O2. The first-order valence-corrected chi connectivity index (χ1v) is 5.53. The molecular weight excluding hydrogens is 218 g/mol. The number of rotatable bonds is 3. The lowest BCUT2D eigenvalue weighted by atomic mass is 10.3. The fourth-order valence-electron chi connectivity index (χ4n) is 1.55. The highest BCUT2D eigenvalue weighted by molar-refractivity contribution is 6.42. The van der Waals surface area contributed by atoms with Crippen molar-refractivity contribution in [2.24, 2.45) is 4.99 Å². The Morgan fingerprint density at radius 1 is 1.41 bits per heavy atom. The Kier molecular flexibility index (Phi) is 3.59. The molecule has 0 spiro atoms. The van der Waals surface area contributed by atoms with Gasteiger partial charge in [0.15, 0.2) is 5.84 Å². The molecule has 5 nitrogen and oxygen atoms in total. The first-order chi connectivity index (χ1) is 8.29. The lowest BCUT2D eigenvalue weighted by molar-refractivity contribution is -0.110. The van der Waals surface area contributed by atoms with Gasteiger partial charge in [-0.15, -0.1) is 0 Å². The van der Waals surface area contributed by atoms with Crippen LogP contribution in [0.15, 0.2) is 29.3 Å². The predicted octanol–water partition coefficient (Wildman–Crippen LogP) is 1.03. The highest BCUT2D eigenvalue weighted by atomic mass is 16.5. The average molecular weight is 233 g/mol. The first kappa shape index (κ1) is 11.4. The average Bonchev–Trinajstić information content (AvgIpc) is 2.40. The van der Waals surface area contributed by atoms with Gasteiger partial charge in [0.2, 0.25) is 0 Å². The van der Waals surface area contributed by atoms with E-state index in [0.29, 0.717) is 12.4 Å². The van der Waals surface area contributed by atoms with Crippen LogP contribution in [0.2, 0.25) is 0 Å². The molecule has 0 fully saturated rings. The van der Waals surface area contributed by atoms with Crippen molar-refractivity contribution in [3.05, 3.63) is 24.3 Å². The van der Waals surface area contributed by atoms with Crippen molar-refractivity contribution >= 4 is 17.4 Å². The number of nitrogens with zero attached hydrogens (tertiary/aromatic N) is 1. The van der Waals surface area contributed by atoms with Crippen molar-refractivity contribution in [2.75, 3.05) is 25.5 Å². The molecule has 1 aromatic rings. The number of benzene rings is 1. The second-order valence-electron chi connectivity index (χ2n) is 3.69. The molecule has 1 aliphatic rings. The monoisotopic (exact) mass is 233 g/mol. The fraction of sp³-hybridized carbons (Fsp3) is 0.333. The molecule has 2 rings (SSSR count). The number of aliphatic imine (C=N–C) groups is 1. The molecule has 1 heterocycles. The van der Waals surface area contributed by atoms with Gasteiger partial charge in [0, 0.05) is 18.8 Å². The Labute approximate surface area is 99.9 Å². The zero-order valence-electron chi connectivity index (χ0n) is 9.69. The maximum absolute atomic E-state index is 11.8. The number of amides is 1. The SMILES string of the molecule is COc1ccc(NC(=O)C2=NCCCN2)cc1. The molecule has 0 saturated heterocycles. The van der Waals surface area contributed by atoms with Crippen LogP contribution in [0.1, 0.15) is 6.42 Å². The van der Waals surface area contributed by atoms with E-state index in [2.05, 4.69) is 15.6 Å². The third-order valence-corrected chi connectivity index (χ3v) is 2.46. The summed E-state index contributed by atoms with van der Waals surface area (Å²) in [5, 5.41) is 5.75. The number of carbonyl (C=O) groups excluding carboxylic acids is 1. The number of hydrogen-bond acceptors (Lipinski definition) is 4. The van der Waals surface area contributed by atoms with Crippen LogP contribution in [0.5, 0.6) is 5.75 Å². The highest BCUT2D eigenvalue weighted by Crippen LogP contribution is 2.14. The third kappa shape index (κ3) is 2.96. The maximum atomic E-state index is 11.8. The summed E-state index contributed by atoms with van der Waals surface area (Å²) in [7, 11) is 1.61. The van der Waals surface area contributed by atoms with E-state index in [1.54, 1.807) is 31.4 Å². The molecule has 90 valence electrons. The molecule has 0 atom stereocenters. The van der Waals surface area contributed by atoms with Gasteiger partial charge in [0.1, 0.15) is 5.75 Å². The Bertz CT molecular complexity index is 426. The molecule has 0 radical (unpaired) electrons. The zero-order chi connectivity index (χ0) is 12.1. The Morgan fingerprint density at radius 3 is 2.76 bits per heavy atom. The van der Waals surface area contributed by atoms with Crippen molar-refractivity contribution in [1.82, 2.24) is 5.32 Å². The van der Waals surface area contributed by atoms with E-state index in [-0.39, 0.29) is 5.91 Å². The molecule has 2 N–H and O–H groups in total. The minimum absolute atomic E-state index is 0.199. The van der Waals surface area contributed by atoms with Gasteiger partial charge in [-0.05, 0) is 30.7 Å². The number of ether oxygens (including phenoxy) is 1. The minimum Gasteiger partial charge on any atom is -0.497 e. The van der Waals surface area contributed by atoms with E-state index in [4.69, 9.17) is 4.74 Å². The Morgan fingerprint density at radius 2 is 2.18 bits per heavy atom. The van der Waals surface area contributed by atoms with Crippen LogP contribution < -0.4 is 15.4 Å². The number of carbonyl (C=O) groups is 1. The van der Waals surface area contributed by atoms with Crippen molar-refractivity contribution in [3.8, 4) is 5.75 Å². The molecule has 0 aliphatic carbocycles. The molecule has 0 unspecified atom stereocenters. The van der Waals surface area contributed by atoms with Crippen LogP contribution in [0.25, 0.3) is 0 Å². The predicted molar refractivity (Wildman–Crippen MR) is 66.5 cm³/mol. The van der Waals surface area contributed by atoms with Crippen molar-refractivity contribution < 1.29 is 9.53 Å². The number of methoxy groups -OCH3 is 1. The standard InChI is InChI=1S/C12H15N3O2/c1-17-10-5-3-9(4-6-10)15-12(16)11-13-7-2-8-14-11/h3-6H,2,7-8H2,1H3,(H,13,14)(H,15,16). The maximum Gasteiger partial charge on any atom is 0.290 e. The van der Waals surface area contributed by atoms with Crippen molar-refractivity contribution in [1.29, 1.82) is 0 Å². The summed E-state index contributed by atoms with van der Waals surface area (Å²) in [4.78, 5) is 15.9. The zero-order valence-corrected chi connectivity index (χ0v) is 9.69. The first-order valence-electron chi connectivity index (χ1n) is 5.53. The van der Waals surface area contributed by atoms with Crippen LogP contribution in [0, 0.1) is 0 Å². The summed E-state index contributed by atoms with van der Waals surface area (Å²) >= 11 is 0. The van der Waals surface area contributed by atoms with E-state index in [0.717, 1.165) is 24.4 Å². The van der Waals surface area contributed by atoms with Crippen LogP contribution in [-0.2, 0) is 4.79 Å². The third-order valence-electron chi connectivity index (χ3n) is 2.46. The second kappa shape index (κ2) is 5.34. The van der Waals surface area contributed by atoms with Gasteiger partial charge in [-0.3, -0.25) is 9.79 Å². The summed E-state index contributed by atoms with van der Waals surface area (Å²) in [5.41, 5.74) is 0.728. The number of hydrogen-bond donors (Lipinski definition) is 2. The van der Waals surface area contributed by atoms with Gasteiger partial charge in [-0.2, -0.15) is 0 Å². The van der Waals surface area contributed by atoms with Gasteiger partial charge in [-0.1, -0.05) is 0 Å². The van der Waals surface area contributed by atoms with E-state index in [1.807, 2.05) is 0 Å². The van der Waals surface area contributed by atoms with Crippen molar-refractivity contribution in [2.45, 2.75) is 6.42 Å². The highest BCUT2D eigenvalue weighted by Gasteiger charge is 2.13. The van der Waals surface area contributed by atoms with Gasteiger partial charge < -0.3 is 15.4 Å². The molecule has 0 bridgehead atoms. The molecule has 17 heavy (non-hydrogen) atoms. The van der Waals surface area contributed by atoms with Crippen molar-refractivity contribution in [3.63, 3.8) is 0 Å². The van der Waals surface area contributed by atoms with Crippen LogP contribution in [0.3, 0.4) is 0 Å². The summed E-state index contributed by atoms with van der Waals surface area (Å²) in [6.45, 7) is 1.51. The second-order valence-corrected chi connectivity index (χ2v) is 3.69. The summed E-state index contributed by atoms with van der Waals surface area (Å²) in [5.74, 6) is 0.970. The summed E-state index contributed by atoms with van der Waals surface area (Å²) in [6.07, 6.45) is 0.972.